The molecule has 0 bridgehead atoms. The molecular weight excluding hydrogens is 200 g/mol. The zero-order valence-electron chi connectivity index (χ0n) is 7.92. The van der Waals surface area contributed by atoms with E-state index < -0.39 is 9.04 Å². The lowest BCUT2D eigenvalue weighted by Gasteiger charge is -2.13. The number of rotatable bonds is 3. The summed E-state index contributed by atoms with van der Waals surface area (Å²) in [4.78, 5) is 9.51. The standard InChI is InChI=1S/C10H14ClOSi/c1-8(13(2)12)10-5-3-4-9(6-10)7-11/h3-6,8,12H,7H2,1-2H3. The largest absolute Gasteiger partial charge is 0.431 e. The topological polar surface area (TPSA) is 20.2 Å². The van der Waals surface area contributed by atoms with Crippen molar-refractivity contribution in [3.63, 3.8) is 0 Å². The van der Waals surface area contributed by atoms with Crippen LogP contribution in [0.3, 0.4) is 0 Å². The van der Waals surface area contributed by atoms with Gasteiger partial charge in [-0.15, -0.1) is 11.6 Å². The summed E-state index contributed by atoms with van der Waals surface area (Å²) in [6.07, 6.45) is 0. The van der Waals surface area contributed by atoms with E-state index in [2.05, 4.69) is 13.0 Å². The van der Waals surface area contributed by atoms with Crippen LogP contribution in [-0.2, 0) is 5.88 Å². The van der Waals surface area contributed by atoms with Crippen LogP contribution in [0.5, 0.6) is 0 Å². The van der Waals surface area contributed by atoms with Crippen molar-refractivity contribution in [1.29, 1.82) is 0 Å². The molecule has 1 unspecified atom stereocenters. The Morgan fingerprint density at radius 2 is 2.23 bits per heavy atom. The molecule has 71 valence electrons. The summed E-state index contributed by atoms with van der Waals surface area (Å²) in [5.41, 5.74) is 2.58. The van der Waals surface area contributed by atoms with Crippen molar-refractivity contribution in [3.05, 3.63) is 35.4 Å². The van der Waals surface area contributed by atoms with E-state index in [1.165, 1.54) is 5.56 Å². The van der Waals surface area contributed by atoms with Crippen LogP contribution in [-0.4, -0.2) is 13.8 Å². The zero-order chi connectivity index (χ0) is 9.84. The van der Waals surface area contributed by atoms with Gasteiger partial charge >= 0.3 is 0 Å². The minimum absolute atomic E-state index is 0.271. The van der Waals surface area contributed by atoms with Crippen molar-refractivity contribution in [2.75, 3.05) is 0 Å². The summed E-state index contributed by atoms with van der Waals surface area (Å²) in [6, 6.07) is 8.12. The second kappa shape index (κ2) is 4.79. The monoisotopic (exact) mass is 213 g/mol. The molecule has 0 heterocycles. The van der Waals surface area contributed by atoms with E-state index in [9.17, 15) is 4.80 Å². The van der Waals surface area contributed by atoms with Crippen LogP contribution in [0.2, 0.25) is 6.55 Å². The van der Waals surface area contributed by atoms with Crippen LogP contribution >= 0.6 is 11.6 Å². The molecule has 3 heteroatoms. The van der Waals surface area contributed by atoms with E-state index in [4.69, 9.17) is 11.6 Å². The highest BCUT2D eigenvalue weighted by atomic mass is 35.5. The van der Waals surface area contributed by atoms with Gasteiger partial charge in [0.25, 0.3) is 0 Å². The molecule has 1 atom stereocenters. The lowest BCUT2D eigenvalue weighted by Crippen LogP contribution is -2.16. The van der Waals surface area contributed by atoms with Crippen LogP contribution < -0.4 is 0 Å². The highest BCUT2D eigenvalue weighted by molar-refractivity contribution is 6.50. The first-order chi connectivity index (χ1) is 6.15. The Hall–Kier alpha value is -0.313. The van der Waals surface area contributed by atoms with Crippen LogP contribution in [0, 0.1) is 0 Å². The first kappa shape index (κ1) is 10.8. The van der Waals surface area contributed by atoms with Crippen molar-refractivity contribution in [2.24, 2.45) is 0 Å². The van der Waals surface area contributed by atoms with Crippen molar-refractivity contribution in [1.82, 2.24) is 0 Å². The number of benzene rings is 1. The molecule has 0 saturated heterocycles. The maximum Gasteiger partial charge on any atom is 0.211 e. The van der Waals surface area contributed by atoms with Crippen LogP contribution in [0.25, 0.3) is 0 Å². The fraction of sp³-hybridized carbons (Fsp3) is 0.400. The summed E-state index contributed by atoms with van der Waals surface area (Å²) in [7, 11) is -1.23. The second-order valence-corrected chi connectivity index (χ2v) is 5.66. The SMILES string of the molecule is CC(c1cccc(CCl)c1)[Si](C)O. The van der Waals surface area contributed by atoms with E-state index in [0.29, 0.717) is 5.88 Å². The summed E-state index contributed by atoms with van der Waals surface area (Å²) in [6.45, 7) is 3.96. The summed E-state index contributed by atoms with van der Waals surface area (Å²) < 4.78 is 0. The molecule has 1 aromatic rings. The molecule has 0 aliphatic carbocycles. The first-order valence-corrected chi connectivity index (χ1v) is 6.88. The second-order valence-electron chi connectivity index (χ2n) is 3.24. The Balaban J connectivity index is 2.88. The van der Waals surface area contributed by atoms with Gasteiger partial charge in [0.05, 0.1) is 0 Å². The van der Waals surface area contributed by atoms with Crippen molar-refractivity contribution >= 4 is 20.6 Å². The predicted molar refractivity (Wildman–Crippen MR) is 58.3 cm³/mol. The number of hydrogen-bond acceptors (Lipinski definition) is 1. The minimum atomic E-state index is -1.23. The minimum Gasteiger partial charge on any atom is -0.431 e. The van der Waals surface area contributed by atoms with Gasteiger partial charge in [-0.05, 0) is 23.2 Å². The van der Waals surface area contributed by atoms with Crippen LogP contribution in [0.4, 0.5) is 0 Å². The highest BCUT2D eigenvalue weighted by Crippen LogP contribution is 2.18. The molecule has 13 heavy (non-hydrogen) atoms. The Bertz CT molecular complexity index is 275. The summed E-state index contributed by atoms with van der Waals surface area (Å²) in [5, 5.41) is 0. The van der Waals surface area contributed by atoms with Gasteiger partial charge in [-0.3, -0.25) is 0 Å². The molecule has 0 aliphatic heterocycles. The average Bonchev–Trinajstić information content (AvgIpc) is 2.16. The molecule has 1 nitrogen and oxygen atoms in total. The molecule has 0 saturated carbocycles. The Morgan fingerprint density at radius 3 is 2.77 bits per heavy atom. The molecular formula is C10H14ClOSi. The molecule has 0 aliphatic rings. The Kier molecular flexibility index (Phi) is 3.97. The predicted octanol–water partition coefficient (Wildman–Crippen LogP) is 2.68. The van der Waals surface area contributed by atoms with Gasteiger partial charge in [0.15, 0.2) is 0 Å². The molecule has 0 spiro atoms. The van der Waals surface area contributed by atoms with Crippen LogP contribution in [0.15, 0.2) is 24.3 Å². The Morgan fingerprint density at radius 1 is 1.54 bits per heavy atom. The third-order valence-electron chi connectivity index (χ3n) is 2.23. The van der Waals surface area contributed by atoms with Gasteiger partial charge in [0, 0.05) is 5.88 Å². The molecule has 0 fully saturated rings. The molecule has 1 N–H and O–H groups in total. The fourth-order valence-corrected chi connectivity index (χ4v) is 2.01. The van der Waals surface area contributed by atoms with Gasteiger partial charge in [-0.25, -0.2) is 0 Å². The fourth-order valence-electron chi connectivity index (χ4n) is 1.19. The summed E-state index contributed by atoms with van der Waals surface area (Å²) in [5.74, 6) is 0.539. The lowest BCUT2D eigenvalue weighted by atomic mass is 10.1. The summed E-state index contributed by atoms with van der Waals surface area (Å²) >= 11 is 5.73. The van der Waals surface area contributed by atoms with E-state index in [1.807, 2.05) is 24.7 Å². The molecule has 1 aromatic carbocycles. The van der Waals surface area contributed by atoms with Gasteiger partial charge in [-0.1, -0.05) is 31.2 Å². The maximum atomic E-state index is 9.51. The van der Waals surface area contributed by atoms with Crippen LogP contribution in [0.1, 0.15) is 23.6 Å². The normalized spacial score (nSPS) is 13.3. The third-order valence-corrected chi connectivity index (χ3v) is 4.13. The van der Waals surface area contributed by atoms with Crippen molar-refractivity contribution in [3.8, 4) is 0 Å². The molecule has 1 rings (SSSR count). The zero-order valence-corrected chi connectivity index (χ0v) is 9.67. The van der Waals surface area contributed by atoms with Gasteiger partial charge in [0.2, 0.25) is 9.04 Å². The van der Waals surface area contributed by atoms with Gasteiger partial charge in [-0.2, -0.15) is 0 Å². The van der Waals surface area contributed by atoms with Gasteiger partial charge in [0.1, 0.15) is 0 Å². The molecule has 0 aromatic heterocycles. The van der Waals surface area contributed by atoms with E-state index in [0.717, 1.165) is 5.56 Å². The first-order valence-electron chi connectivity index (χ1n) is 4.32. The van der Waals surface area contributed by atoms with Crippen molar-refractivity contribution in [2.45, 2.75) is 24.9 Å². The smallest absolute Gasteiger partial charge is 0.211 e. The molecule has 0 amide bonds. The third kappa shape index (κ3) is 2.83. The van der Waals surface area contributed by atoms with Crippen molar-refractivity contribution < 1.29 is 4.80 Å². The number of halogens is 1. The lowest BCUT2D eigenvalue weighted by molar-refractivity contribution is 0.562. The molecule has 1 radical (unpaired) electrons. The number of hydrogen-bond donors (Lipinski definition) is 1. The quantitative estimate of drug-likeness (QED) is 0.605. The van der Waals surface area contributed by atoms with Gasteiger partial charge < -0.3 is 4.80 Å². The highest BCUT2D eigenvalue weighted by Gasteiger charge is 2.14. The average molecular weight is 214 g/mol. The van der Waals surface area contributed by atoms with E-state index in [-0.39, 0.29) is 5.54 Å². The Labute approximate surface area is 86.1 Å². The van der Waals surface area contributed by atoms with E-state index >= 15 is 0 Å². The van der Waals surface area contributed by atoms with E-state index in [1.54, 1.807) is 0 Å². The number of alkyl halides is 1. The maximum absolute atomic E-state index is 9.51.